The number of pyridine rings is 1. The summed E-state index contributed by atoms with van der Waals surface area (Å²) in [5, 5.41) is 0. The molecule has 0 aliphatic heterocycles. The summed E-state index contributed by atoms with van der Waals surface area (Å²) < 4.78 is 11.7. The summed E-state index contributed by atoms with van der Waals surface area (Å²) in [7, 11) is 0. The maximum absolute atomic E-state index is 6.24. The van der Waals surface area contributed by atoms with Crippen LogP contribution in [0.4, 0.5) is 0 Å². The van der Waals surface area contributed by atoms with Crippen molar-refractivity contribution in [3.63, 3.8) is 0 Å². The Balaban J connectivity index is 1.77. The zero-order valence-electron chi connectivity index (χ0n) is 19.9. The minimum atomic E-state index is 0.764. The summed E-state index contributed by atoms with van der Waals surface area (Å²) in [6, 6.07) is 12.5. The molecule has 0 fully saturated rings. The lowest BCUT2D eigenvalue weighted by molar-refractivity contribution is 0.145. The molecule has 0 N–H and O–H groups in total. The zero-order valence-corrected chi connectivity index (χ0v) is 19.9. The van der Waals surface area contributed by atoms with Crippen LogP contribution in [-0.4, -0.2) is 24.8 Å². The maximum atomic E-state index is 6.24. The van der Waals surface area contributed by atoms with E-state index in [1.165, 1.54) is 63.4 Å². The fourth-order valence-electron chi connectivity index (χ4n) is 3.84. The second-order valence-corrected chi connectivity index (χ2v) is 8.39. The predicted octanol–water partition coefficient (Wildman–Crippen LogP) is 8.02. The number of aromatic nitrogens is 1. The lowest BCUT2D eigenvalue weighted by Crippen LogP contribution is -2.02. The Morgan fingerprint density at radius 1 is 0.742 bits per heavy atom. The van der Waals surface area contributed by atoms with E-state index in [1.807, 2.05) is 19.2 Å². The van der Waals surface area contributed by atoms with E-state index in [9.17, 15) is 0 Å². The number of hydrogen-bond acceptors (Lipinski definition) is 3. The van der Waals surface area contributed by atoms with E-state index in [2.05, 4.69) is 37.3 Å². The van der Waals surface area contributed by atoms with Crippen LogP contribution < -0.4 is 4.74 Å². The smallest absolute Gasteiger partial charge is 0.145 e. The number of ether oxygens (including phenoxy) is 2. The minimum absolute atomic E-state index is 0.764. The first kappa shape index (κ1) is 25.4. The number of benzene rings is 1. The van der Waals surface area contributed by atoms with Crippen LogP contribution in [0.3, 0.4) is 0 Å². The molecular formula is C28H43NO2. The van der Waals surface area contributed by atoms with Gasteiger partial charge in [-0.25, -0.2) is 0 Å². The third kappa shape index (κ3) is 10.8. The highest BCUT2D eigenvalue weighted by Gasteiger charge is 2.10. The van der Waals surface area contributed by atoms with Gasteiger partial charge in [0.2, 0.25) is 0 Å². The van der Waals surface area contributed by atoms with Crippen LogP contribution in [0.1, 0.15) is 90.0 Å². The predicted molar refractivity (Wildman–Crippen MR) is 132 cm³/mol. The molecule has 0 amide bonds. The van der Waals surface area contributed by atoms with Gasteiger partial charge in [0.25, 0.3) is 0 Å². The van der Waals surface area contributed by atoms with Gasteiger partial charge in [-0.2, -0.15) is 0 Å². The largest absolute Gasteiger partial charge is 0.491 e. The molecule has 1 aromatic heterocycles. The molecule has 0 unspecified atom stereocenters. The van der Waals surface area contributed by atoms with E-state index in [0.717, 1.165) is 56.1 Å². The summed E-state index contributed by atoms with van der Waals surface area (Å²) in [4.78, 5) is 4.75. The second kappa shape index (κ2) is 16.8. The molecule has 0 atom stereocenters. The van der Waals surface area contributed by atoms with E-state index in [4.69, 9.17) is 14.5 Å². The Bertz CT molecular complexity index is 687. The van der Waals surface area contributed by atoms with Gasteiger partial charge in [-0.15, -0.1) is 0 Å². The lowest BCUT2D eigenvalue weighted by atomic mass is 10.1. The highest BCUT2D eigenvalue weighted by atomic mass is 16.5. The zero-order chi connectivity index (χ0) is 22.0. The Morgan fingerprint density at radius 2 is 1.42 bits per heavy atom. The van der Waals surface area contributed by atoms with Gasteiger partial charge in [-0.05, 0) is 37.8 Å². The summed E-state index contributed by atoms with van der Waals surface area (Å²) in [5.74, 6) is 0.913. The van der Waals surface area contributed by atoms with Crippen molar-refractivity contribution in [1.82, 2.24) is 4.98 Å². The van der Waals surface area contributed by atoms with Crippen molar-refractivity contribution in [1.29, 1.82) is 0 Å². The molecular weight excluding hydrogens is 382 g/mol. The van der Waals surface area contributed by atoms with Gasteiger partial charge >= 0.3 is 0 Å². The van der Waals surface area contributed by atoms with E-state index < -0.39 is 0 Å². The van der Waals surface area contributed by atoms with Crippen molar-refractivity contribution in [3.05, 3.63) is 48.2 Å². The molecule has 2 aromatic rings. The topological polar surface area (TPSA) is 31.4 Å². The summed E-state index contributed by atoms with van der Waals surface area (Å²) >= 11 is 0. The average molecular weight is 426 g/mol. The van der Waals surface area contributed by atoms with Crippen LogP contribution in [0.5, 0.6) is 5.75 Å². The third-order valence-electron chi connectivity index (χ3n) is 5.67. The van der Waals surface area contributed by atoms with Crippen LogP contribution in [-0.2, 0) is 11.2 Å². The molecule has 0 saturated carbocycles. The first-order chi connectivity index (χ1) is 15.3. The number of unbranched alkanes of at least 4 members (excludes halogenated alkanes) is 9. The molecule has 0 radical (unpaired) electrons. The lowest BCUT2D eigenvalue weighted by Gasteiger charge is -2.13. The van der Waals surface area contributed by atoms with Crippen LogP contribution in [0.15, 0.2) is 42.6 Å². The number of rotatable bonds is 18. The molecule has 1 heterocycles. The quantitative estimate of drug-likeness (QED) is 0.227. The molecule has 0 aliphatic carbocycles. The van der Waals surface area contributed by atoms with Gasteiger partial charge in [0.15, 0.2) is 0 Å². The van der Waals surface area contributed by atoms with Crippen molar-refractivity contribution in [2.75, 3.05) is 19.8 Å². The number of hydrogen-bond donors (Lipinski definition) is 0. The first-order valence-corrected chi connectivity index (χ1v) is 12.6. The molecule has 3 nitrogen and oxygen atoms in total. The van der Waals surface area contributed by atoms with Gasteiger partial charge in [-0.3, -0.25) is 4.98 Å². The molecule has 1 aromatic carbocycles. The van der Waals surface area contributed by atoms with Gasteiger partial charge in [0.05, 0.1) is 6.61 Å². The molecule has 31 heavy (non-hydrogen) atoms. The van der Waals surface area contributed by atoms with Gasteiger partial charge in [0.1, 0.15) is 11.4 Å². The standard InChI is InChI=1S/C28H43NO2/c1-3-5-6-7-8-9-10-11-12-16-22-31-27-23-25(18-17-21-30-4-2)24-29-28(27)26-19-14-13-15-20-26/h13-15,19-20,23-24H,3-12,16-18,21-22H2,1-2H3. The average Bonchev–Trinajstić information content (AvgIpc) is 2.81. The fraction of sp³-hybridized carbons (Fsp3) is 0.607. The van der Waals surface area contributed by atoms with Crippen LogP contribution >= 0.6 is 0 Å². The summed E-state index contributed by atoms with van der Waals surface area (Å²) in [6.45, 7) is 6.65. The van der Waals surface area contributed by atoms with Crippen molar-refractivity contribution in [2.45, 2.75) is 90.9 Å². The molecule has 0 aliphatic rings. The Morgan fingerprint density at radius 3 is 2.10 bits per heavy atom. The molecule has 2 rings (SSSR count). The van der Waals surface area contributed by atoms with Crippen molar-refractivity contribution in [3.8, 4) is 17.0 Å². The molecule has 3 heteroatoms. The Kier molecular flexibility index (Phi) is 13.7. The SMILES string of the molecule is CCCCCCCCCCCCOc1cc(CCCOCC)cnc1-c1ccccc1. The Labute approximate surface area is 190 Å². The fourth-order valence-corrected chi connectivity index (χ4v) is 3.84. The molecule has 0 bridgehead atoms. The second-order valence-electron chi connectivity index (χ2n) is 8.39. The van der Waals surface area contributed by atoms with E-state index in [1.54, 1.807) is 0 Å². The highest BCUT2D eigenvalue weighted by Crippen LogP contribution is 2.29. The van der Waals surface area contributed by atoms with Crippen LogP contribution in [0.2, 0.25) is 0 Å². The molecule has 0 spiro atoms. The third-order valence-corrected chi connectivity index (χ3v) is 5.67. The monoisotopic (exact) mass is 425 g/mol. The maximum Gasteiger partial charge on any atom is 0.145 e. The molecule has 172 valence electrons. The van der Waals surface area contributed by atoms with Gasteiger partial charge in [-0.1, -0.05) is 95.0 Å². The Hall–Kier alpha value is -1.87. The minimum Gasteiger partial charge on any atom is -0.491 e. The first-order valence-electron chi connectivity index (χ1n) is 12.6. The van der Waals surface area contributed by atoms with Gasteiger partial charge < -0.3 is 9.47 Å². The van der Waals surface area contributed by atoms with E-state index in [0.29, 0.717) is 0 Å². The van der Waals surface area contributed by atoms with Gasteiger partial charge in [0, 0.05) is 25.0 Å². The normalized spacial score (nSPS) is 11.0. The molecule has 0 saturated heterocycles. The van der Waals surface area contributed by atoms with E-state index in [-0.39, 0.29) is 0 Å². The number of aryl methyl sites for hydroxylation is 1. The van der Waals surface area contributed by atoms with Crippen LogP contribution in [0, 0.1) is 0 Å². The van der Waals surface area contributed by atoms with Crippen molar-refractivity contribution < 1.29 is 9.47 Å². The highest BCUT2D eigenvalue weighted by molar-refractivity contribution is 5.66. The van der Waals surface area contributed by atoms with Crippen LogP contribution in [0.25, 0.3) is 11.3 Å². The van der Waals surface area contributed by atoms with E-state index >= 15 is 0 Å². The number of nitrogens with zero attached hydrogens (tertiary/aromatic N) is 1. The summed E-state index contributed by atoms with van der Waals surface area (Å²) in [6.07, 6.45) is 17.3. The summed E-state index contributed by atoms with van der Waals surface area (Å²) in [5.41, 5.74) is 3.28. The van der Waals surface area contributed by atoms with Crippen molar-refractivity contribution >= 4 is 0 Å². The van der Waals surface area contributed by atoms with Crippen molar-refractivity contribution in [2.24, 2.45) is 0 Å².